The zero-order valence-corrected chi connectivity index (χ0v) is 14.2. The largest absolute Gasteiger partial charge is 0.383 e. The highest BCUT2D eigenvalue weighted by molar-refractivity contribution is 9.10. The van der Waals surface area contributed by atoms with Crippen molar-refractivity contribution in [2.24, 2.45) is 5.41 Å². The molecule has 1 aliphatic heterocycles. The molecule has 1 heterocycles. The van der Waals surface area contributed by atoms with Crippen molar-refractivity contribution in [3.05, 3.63) is 34.1 Å². The monoisotopic (exact) mass is 359 g/mol. The highest BCUT2D eigenvalue weighted by Crippen LogP contribution is 2.39. The topological polar surface area (TPSA) is 30.5 Å². The van der Waals surface area contributed by atoms with Crippen LogP contribution in [0.4, 0.5) is 4.39 Å². The minimum atomic E-state index is -0.192. The zero-order chi connectivity index (χ0) is 15.3. The van der Waals surface area contributed by atoms with Gasteiger partial charge in [-0.2, -0.15) is 0 Å². The molecule has 1 fully saturated rings. The maximum Gasteiger partial charge on any atom is 0.123 e. The third kappa shape index (κ3) is 4.25. The molecule has 0 aromatic heterocycles. The Morgan fingerprint density at radius 1 is 1.52 bits per heavy atom. The van der Waals surface area contributed by atoms with E-state index in [0.29, 0.717) is 6.61 Å². The van der Waals surface area contributed by atoms with E-state index in [1.54, 1.807) is 19.2 Å². The Morgan fingerprint density at radius 2 is 2.33 bits per heavy atom. The highest BCUT2D eigenvalue weighted by atomic mass is 79.9. The summed E-state index contributed by atoms with van der Waals surface area (Å²) in [6.07, 6.45) is 1.94. The van der Waals surface area contributed by atoms with Gasteiger partial charge in [-0.3, -0.25) is 0 Å². The van der Waals surface area contributed by atoms with Crippen LogP contribution in [0.5, 0.6) is 0 Å². The number of nitrogens with one attached hydrogen (secondary N) is 1. The SMILES string of the molecule is COCCNCC1(Cc2cc(F)ccc2Br)CCOC1C. The number of hydrogen-bond donors (Lipinski definition) is 1. The highest BCUT2D eigenvalue weighted by Gasteiger charge is 2.41. The first kappa shape index (κ1) is 16.9. The fourth-order valence-electron chi connectivity index (χ4n) is 2.92. The fraction of sp³-hybridized carbons (Fsp3) is 0.625. The Hall–Kier alpha value is -0.490. The smallest absolute Gasteiger partial charge is 0.123 e. The summed E-state index contributed by atoms with van der Waals surface area (Å²) >= 11 is 3.53. The summed E-state index contributed by atoms with van der Waals surface area (Å²) < 4.78 is 25.3. The maximum atomic E-state index is 13.5. The first-order chi connectivity index (χ1) is 10.1. The third-order valence-corrected chi connectivity index (χ3v) is 5.11. The van der Waals surface area contributed by atoms with E-state index in [0.717, 1.165) is 42.6 Å². The molecule has 0 amide bonds. The second-order valence-corrected chi connectivity index (χ2v) is 6.56. The van der Waals surface area contributed by atoms with E-state index in [-0.39, 0.29) is 17.3 Å². The van der Waals surface area contributed by atoms with Gasteiger partial charge in [-0.05, 0) is 43.5 Å². The Kier molecular flexibility index (Phi) is 6.17. The van der Waals surface area contributed by atoms with Crippen LogP contribution in [0.1, 0.15) is 18.9 Å². The lowest BCUT2D eigenvalue weighted by Gasteiger charge is -2.33. The van der Waals surface area contributed by atoms with Crippen molar-refractivity contribution in [2.75, 3.05) is 33.4 Å². The third-order valence-electron chi connectivity index (χ3n) is 4.34. The van der Waals surface area contributed by atoms with Crippen molar-refractivity contribution < 1.29 is 13.9 Å². The van der Waals surface area contributed by atoms with E-state index >= 15 is 0 Å². The lowest BCUT2D eigenvalue weighted by molar-refractivity contribution is 0.0618. The second kappa shape index (κ2) is 7.68. The van der Waals surface area contributed by atoms with Crippen molar-refractivity contribution in [1.29, 1.82) is 0 Å². The molecule has 21 heavy (non-hydrogen) atoms. The van der Waals surface area contributed by atoms with Crippen LogP contribution in [0.2, 0.25) is 0 Å². The Labute approximate surface area is 134 Å². The van der Waals surface area contributed by atoms with Gasteiger partial charge in [0.1, 0.15) is 5.82 Å². The molecule has 1 aromatic rings. The summed E-state index contributed by atoms with van der Waals surface area (Å²) in [5.74, 6) is -0.192. The predicted molar refractivity (Wildman–Crippen MR) is 85.0 cm³/mol. The van der Waals surface area contributed by atoms with Gasteiger partial charge in [0, 0.05) is 36.7 Å². The predicted octanol–water partition coefficient (Wildman–Crippen LogP) is 3.16. The van der Waals surface area contributed by atoms with Crippen LogP contribution in [-0.2, 0) is 15.9 Å². The molecule has 3 nitrogen and oxygen atoms in total. The summed E-state index contributed by atoms with van der Waals surface area (Å²) in [5.41, 5.74) is 1.00. The van der Waals surface area contributed by atoms with Gasteiger partial charge in [0.05, 0.1) is 12.7 Å². The molecule has 5 heteroatoms. The van der Waals surface area contributed by atoms with Crippen LogP contribution in [0, 0.1) is 11.2 Å². The van der Waals surface area contributed by atoms with Crippen molar-refractivity contribution >= 4 is 15.9 Å². The van der Waals surface area contributed by atoms with Gasteiger partial charge in [-0.15, -0.1) is 0 Å². The molecule has 2 atom stereocenters. The van der Waals surface area contributed by atoms with Crippen LogP contribution >= 0.6 is 15.9 Å². The average molecular weight is 360 g/mol. The Balaban J connectivity index is 2.11. The van der Waals surface area contributed by atoms with Crippen LogP contribution in [0.3, 0.4) is 0 Å². The van der Waals surface area contributed by atoms with Gasteiger partial charge in [0.15, 0.2) is 0 Å². The Morgan fingerprint density at radius 3 is 3.00 bits per heavy atom. The number of rotatable bonds is 7. The van der Waals surface area contributed by atoms with Gasteiger partial charge in [0.25, 0.3) is 0 Å². The number of ether oxygens (including phenoxy) is 2. The summed E-state index contributed by atoms with van der Waals surface area (Å²) in [6.45, 7) is 5.23. The minimum Gasteiger partial charge on any atom is -0.383 e. The van der Waals surface area contributed by atoms with E-state index < -0.39 is 0 Å². The van der Waals surface area contributed by atoms with E-state index in [4.69, 9.17) is 9.47 Å². The van der Waals surface area contributed by atoms with Crippen LogP contribution in [-0.4, -0.2) is 39.5 Å². The molecular formula is C16H23BrFNO2. The van der Waals surface area contributed by atoms with Crippen LogP contribution < -0.4 is 5.32 Å². The van der Waals surface area contributed by atoms with Crippen LogP contribution in [0.15, 0.2) is 22.7 Å². The second-order valence-electron chi connectivity index (χ2n) is 5.71. The summed E-state index contributed by atoms with van der Waals surface area (Å²) in [7, 11) is 1.70. The van der Waals surface area contributed by atoms with E-state index in [9.17, 15) is 4.39 Å². The van der Waals surface area contributed by atoms with Crippen molar-refractivity contribution in [3.8, 4) is 0 Å². The fourth-order valence-corrected chi connectivity index (χ4v) is 3.30. The van der Waals surface area contributed by atoms with Gasteiger partial charge in [-0.1, -0.05) is 15.9 Å². The van der Waals surface area contributed by atoms with E-state index in [1.165, 1.54) is 6.07 Å². The lowest BCUT2D eigenvalue weighted by Crippen LogP contribution is -2.42. The molecule has 0 spiro atoms. The molecule has 2 unspecified atom stereocenters. The summed E-state index contributed by atoms with van der Waals surface area (Å²) in [6, 6.07) is 4.87. The molecule has 0 radical (unpaired) electrons. The number of hydrogen-bond acceptors (Lipinski definition) is 3. The lowest BCUT2D eigenvalue weighted by atomic mass is 9.76. The maximum absolute atomic E-state index is 13.5. The van der Waals surface area contributed by atoms with Crippen molar-refractivity contribution in [2.45, 2.75) is 25.9 Å². The standard InChI is InChI=1S/C16H23BrFNO2/c1-12-16(5-7-21-12,11-19-6-8-20-2)10-13-9-14(18)3-4-15(13)17/h3-4,9,12,19H,5-8,10-11H2,1-2H3. The zero-order valence-electron chi connectivity index (χ0n) is 12.6. The number of methoxy groups -OCH3 is 1. The van der Waals surface area contributed by atoms with E-state index in [1.807, 2.05) is 0 Å². The van der Waals surface area contributed by atoms with Crippen molar-refractivity contribution in [1.82, 2.24) is 5.32 Å². The van der Waals surface area contributed by atoms with Crippen LogP contribution in [0.25, 0.3) is 0 Å². The number of benzene rings is 1. The molecule has 2 rings (SSSR count). The summed E-state index contributed by atoms with van der Waals surface area (Å²) in [5, 5.41) is 3.44. The average Bonchev–Trinajstić information content (AvgIpc) is 2.81. The molecule has 118 valence electrons. The van der Waals surface area contributed by atoms with Gasteiger partial charge < -0.3 is 14.8 Å². The van der Waals surface area contributed by atoms with Gasteiger partial charge in [-0.25, -0.2) is 4.39 Å². The van der Waals surface area contributed by atoms with Gasteiger partial charge >= 0.3 is 0 Å². The minimum absolute atomic E-state index is 0.00402. The molecule has 0 saturated carbocycles. The molecule has 1 aliphatic rings. The quantitative estimate of drug-likeness (QED) is 0.758. The molecule has 0 aliphatic carbocycles. The first-order valence-electron chi connectivity index (χ1n) is 7.32. The summed E-state index contributed by atoms with van der Waals surface area (Å²) in [4.78, 5) is 0. The molecule has 1 saturated heterocycles. The molecular weight excluding hydrogens is 337 g/mol. The number of halogens is 2. The first-order valence-corrected chi connectivity index (χ1v) is 8.12. The van der Waals surface area contributed by atoms with E-state index in [2.05, 4.69) is 28.2 Å². The van der Waals surface area contributed by atoms with Crippen molar-refractivity contribution in [3.63, 3.8) is 0 Å². The molecule has 0 bridgehead atoms. The molecule has 1 aromatic carbocycles. The Bertz CT molecular complexity index is 472. The normalized spacial score (nSPS) is 25.4. The molecule has 1 N–H and O–H groups in total. The van der Waals surface area contributed by atoms with Gasteiger partial charge in [0.2, 0.25) is 0 Å².